The normalized spacial score (nSPS) is 37.2. The third kappa shape index (κ3) is 1.99. The molecule has 0 radical (unpaired) electrons. The molecule has 72 valence electrons. The van der Waals surface area contributed by atoms with Gasteiger partial charge >= 0.3 is 0 Å². The van der Waals surface area contributed by atoms with E-state index in [0.29, 0.717) is 11.3 Å². The monoisotopic (exact) mass is 171 g/mol. The van der Waals surface area contributed by atoms with Crippen LogP contribution in [0.15, 0.2) is 0 Å². The Morgan fingerprint density at radius 2 is 2.08 bits per heavy atom. The fourth-order valence-electron chi connectivity index (χ4n) is 1.79. The van der Waals surface area contributed by atoms with Crippen LogP contribution in [0, 0.1) is 11.3 Å². The molecule has 1 rings (SSSR count). The van der Waals surface area contributed by atoms with E-state index in [1.165, 1.54) is 0 Å². The molecule has 1 heterocycles. The highest BCUT2D eigenvalue weighted by Gasteiger charge is 2.39. The Morgan fingerprint density at radius 1 is 1.50 bits per heavy atom. The second-order valence-electron chi connectivity index (χ2n) is 5.37. The molecule has 0 bridgehead atoms. The largest absolute Gasteiger partial charge is 0.394 e. The molecular weight excluding hydrogens is 150 g/mol. The molecule has 0 aromatic rings. The van der Waals surface area contributed by atoms with Crippen molar-refractivity contribution in [3.63, 3.8) is 0 Å². The lowest BCUT2D eigenvalue weighted by Crippen LogP contribution is -2.39. The minimum atomic E-state index is -0.0298. The van der Waals surface area contributed by atoms with Crippen LogP contribution in [0.4, 0.5) is 0 Å². The molecule has 1 aliphatic heterocycles. The van der Waals surface area contributed by atoms with E-state index in [-0.39, 0.29) is 12.1 Å². The Bertz CT molecular complexity index is 162. The predicted octanol–water partition coefficient (Wildman–Crippen LogP) is 1.39. The highest BCUT2D eigenvalue weighted by Crippen LogP contribution is 2.36. The number of aliphatic hydroxyl groups excluding tert-OH is 1. The minimum Gasteiger partial charge on any atom is -0.394 e. The van der Waals surface area contributed by atoms with Crippen LogP contribution in [0.25, 0.3) is 0 Å². The van der Waals surface area contributed by atoms with Crippen LogP contribution in [-0.2, 0) is 0 Å². The third-order valence-electron chi connectivity index (χ3n) is 3.05. The van der Waals surface area contributed by atoms with Gasteiger partial charge in [0.05, 0.1) is 6.61 Å². The molecule has 2 N–H and O–H groups in total. The second kappa shape index (κ2) is 3.00. The van der Waals surface area contributed by atoms with Crippen molar-refractivity contribution >= 4 is 0 Å². The van der Waals surface area contributed by atoms with Crippen molar-refractivity contribution in [1.29, 1.82) is 0 Å². The van der Waals surface area contributed by atoms with Gasteiger partial charge in [-0.1, -0.05) is 20.8 Å². The lowest BCUT2D eigenvalue weighted by molar-refractivity contribution is 0.176. The maximum absolute atomic E-state index is 9.15. The van der Waals surface area contributed by atoms with E-state index in [1.807, 2.05) is 0 Å². The van der Waals surface area contributed by atoms with E-state index >= 15 is 0 Å². The summed E-state index contributed by atoms with van der Waals surface area (Å²) in [5.41, 5.74) is 0.331. The summed E-state index contributed by atoms with van der Waals surface area (Å²) in [6.07, 6.45) is 1.09. The van der Waals surface area contributed by atoms with Crippen molar-refractivity contribution in [2.24, 2.45) is 11.3 Å². The van der Waals surface area contributed by atoms with E-state index in [1.54, 1.807) is 0 Å². The topological polar surface area (TPSA) is 32.3 Å². The molecule has 1 aliphatic rings. The zero-order valence-electron chi connectivity index (χ0n) is 8.65. The zero-order chi connectivity index (χ0) is 9.41. The fraction of sp³-hybridized carbons (Fsp3) is 1.00. The van der Waals surface area contributed by atoms with Crippen LogP contribution in [0.3, 0.4) is 0 Å². The summed E-state index contributed by atoms with van der Waals surface area (Å²) in [4.78, 5) is 0. The Labute approximate surface area is 75.4 Å². The van der Waals surface area contributed by atoms with Crippen molar-refractivity contribution in [2.75, 3.05) is 13.2 Å². The van der Waals surface area contributed by atoms with E-state index in [4.69, 9.17) is 5.11 Å². The van der Waals surface area contributed by atoms with Crippen LogP contribution >= 0.6 is 0 Å². The molecule has 0 amide bonds. The van der Waals surface area contributed by atoms with Crippen molar-refractivity contribution in [3.8, 4) is 0 Å². The first-order valence-corrected chi connectivity index (χ1v) is 4.73. The summed E-state index contributed by atoms with van der Waals surface area (Å²) >= 11 is 0. The molecule has 0 aliphatic carbocycles. The van der Waals surface area contributed by atoms with Gasteiger partial charge in [0.25, 0.3) is 0 Å². The highest BCUT2D eigenvalue weighted by atomic mass is 16.3. The number of rotatable bonds is 1. The van der Waals surface area contributed by atoms with E-state index in [0.717, 1.165) is 13.0 Å². The number of nitrogens with one attached hydrogen (secondary N) is 1. The molecule has 0 aromatic carbocycles. The number of hydrogen-bond donors (Lipinski definition) is 2. The van der Waals surface area contributed by atoms with Crippen molar-refractivity contribution in [3.05, 3.63) is 0 Å². The van der Waals surface area contributed by atoms with Crippen LogP contribution in [0.1, 0.15) is 34.1 Å². The Hall–Kier alpha value is -0.0800. The Balaban J connectivity index is 2.57. The summed E-state index contributed by atoms with van der Waals surface area (Å²) < 4.78 is 0. The van der Waals surface area contributed by atoms with Gasteiger partial charge in [0.1, 0.15) is 0 Å². The van der Waals surface area contributed by atoms with E-state index in [9.17, 15) is 0 Å². The summed E-state index contributed by atoms with van der Waals surface area (Å²) in [7, 11) is 0. The molecule has 2 heteroatoms. The van der Waals surface area contributed by atoms with Crippen molar-refractivity contribution < 1.29 is 5.11 Å². The molecule has 1 fully saturated rings. The Kier molecular flexibility index (Phi) is 2.50. The Morgan fingerprint density at radius 3 is 2.33 bits per heavy atom. The average molecular weight is 171 g/mol. The second-order valence-corrected chi connectivity index (χ2v) is 5.37. The third-order valence-corrected chi connectivity index (χ3v) is 3.05. The van der Waals surface area contributed by atoms with Crippen molar-refractivity contribution in [1.82, 2.24) is 5.32 Å². The average Bonchev–Trinajstić information content (AvgIpc) is 2.32. The van der Waals surface area contributed by atoms with Gasteiger partial charge in [0.15, 0.2) is 0 Å². The van der Waals surface area contributed by atoms with Gasteiger partial charge in [0, 0.05) is 5.54 Å². The van der Waals surface area contributed by atoms with Gasteiger partial charge in [-0.3, -0.25) is 0 Å². The van der Waals surface area contributed by atoms with Gasteiger partial charge in [-0.15, -0.1) is 0 Å². The van der Waals surface area contributed by atoms with Gasteiger partial charge < -0.3 is 10.4 Å². The fourth-order valence-corrected chi connectivity index (χ4v) is 1.79. The highest BCUT2D eigenvalue weighted by molar-refractivity contribution is 4.96. The lowest BCUT2D eigenvalue weighted by atomic mass is 9.77. The minimum absolute atomic E-state index is 0.0298. The van der Waals surface area contributed by atoms with Gasteiger partial charge in [-0.05, 0) is 31.2 Å². The maximum Gasteiger partial charge on any atom is 0.0610 e. The molecule has 2 atom stereocenters. The van der Waals surface area contributed by atoms with Crippen LogP contribution in [-0.4, -0.2) is 23.8 Å². The molecule has 0 aromatic heterocycles. The summed E-state index contributed by atoms with van der Waals surface area (Å²) in [6, 6.07) is 0. The molecule has 1 saturated heterocycles. The number of aliphatic hydroxyl groups is 1. The predicted molar refractivity (Wildman–Crippen MR) is 51.1 cm³/mol. The first-order valence-electron chi connectivity index (χ1n) is 4.73. The van der Waals surface area contributed by atoms with E-state index < -0.39 is 0 Å². The van der Waals surface area contributed by atoms with Crippen LogP contribution in [0.2, 0.25) is 0 Å². The zero-order valence-corrected chi connectivity index (χ0v) is 8.65. The molecule has 0 saturated carbocycles. The van der Waals surface area contributed by atoms with E-state index in [2.05, 4.69) is 33.0 Å². The summed E-state index contributed by atoms with van der Waals surface area (Å²) in [5, 5.41) is 12.5. The molecular formula is C10H21NO. The standard InChI is InChI=1S/C10H21NO/c1-9(2,3)8-5-10(4,7-12)11-6-8/h8,11-12H,5-7H2,1-4H3. The summed E-state index contributed by atoms with van der Waals surface area (Å²) in [5.74, 6) is 0.689. The van der Waals surface area contributed by atoms with Gasteiger partial charge in [-0.25, -0.2) is 0 Å². The number of hydrogen-bond acceptors (Lipinski definition) is 2. The van der Waals surface area contributed by atoms with Gasteiger partial charge in [0.2, 0.25) is 0 Å². The molecule has 2 nitrogen and oxygen atoms in total. The first-order chi connectivity index (χ1) is 5.37. The van der Waals surface area contributed by atoms with Gasteiger partial charge in [-0.2, -0.15) is 0 Å². The quantitative estimate of drug-likeness (QED) is 0.625. The SMILES string of the molecule is CC1(CO)CC(C(C)(C)C)CN1. The summed E-state index contributed by atoms with van der Waals surface area (Å²) in [6.45, 7) is 10.2. The molecule has 2 unspecified atom stereocenters. The smallest absolute Gasteiger partial charge is 0.0610 e. The maximum atomic E-state index is 9.15. The molecule has 12 heavy (non-hydrogen) atoms. The van der Waals surface area contributed by atoms with Crippen LogP contribution < -0.4 is 5.32 Å². The first kappa shape index (κ1) is 10.0. The van der Waals surface area contributed by atoms with Crippen molar-refractivity contribution in [2.45, 2.75) is 39.7 Å². The lowest BCUT2D eigenvalue weighted by Gasteiger charge is -2.27. The molecule has 0 spiro atoms. The van der Waals surface area contributed by atoms with Crippen LogP contribution in [0.5, 0.6) is 0 Å².